The standard InChI is InChI=1S/C13H11BrN4O/c14-11-6-17-12(7-16-11)18-13(19)9-2-1-8-3-4-15-10(8)5-9/h1-2,5-7,15H,3-4H2,(H,17,18,19). The molecule has 0 saturated heterocycles. The van der Waals surface area contributed by atoms with Crippen LogP contribution in [0.2, 0.25) is 0 Å². The van der Waals surface area contributed by atoms with Crippen molar-refractivity contribution in [3.63, 3.8) is 0 Å². The van der Waals surface area contributed by atoms with Crippen LogP contribution in [0.3, 0.4) is 0 Å². The van der Waals surface area contributed by atoms with E-state index in [-0.39, 0.29) is 5.91 Å². The van der Waals surface area contributed by atoms with Gasteiger partial charge in [-0.3, -0.25) is 4.79 Å². The van der Waals surface area contributed by atoms with E-state index in [9.17, 15) is 4.79 Å². The average Bonchev–Trinajstić information content (AvgIpc) is 2.88. The van der Waals surface area contributed by atoms with Gasteiger partial charge < -0.3 is 10.6 Å². The molecule has 0 atom stereocenters. The van der Waals surface area contributed by atoms with Gasteiger partial charge >= 0.3 is 0 Å². The minimum Gasteiger partial charge on any atom is -0.384 e. The summed E-state index contributed by atoms with van der Waals surface area (Å²) in [5.41, 5.74) is 2.90. The first kappa shape index (κ1) is 12.1. The Bertz CT molecular complexity index is 627. The molecule has 1 aromatic heterocycles. The quantitative estimate of drug-likeness (QED) is 0.892. The van der Waals surface area contributed by atoms with Crippen molar-refractivity contribution < 1.29 is 4.79 Å². The molecule has 1 aliphatic rings. The number of hydrogen-bond acceptors (Lipinski definition) is 4. The van der Waals surface area contributed by atoms with Gasteiger partial charge in [0.1, 0.15) is 4.60 Å². The van der Waals surface area contributed by atoms with Crippen LogP contribution in [0.1, 0.15) is 15.9 Å². The van der Waals surface area contributed by atoms with Gasteiger partial charge in [-0.05, 0) is 40.0 Å². The van der Waals surface area contributed by atoms with Gasteiger partial charge in [-0.15, -0.1) is 0 Å². The maximum Gasteiger partial charge on any atom is 0.256 e. The van der Waals surface area contributed by atoms with Crippen LogP contribution in [0.25, 0.3) is 0 Å². The normalized spacial score (nSPS) is 12.7. The van der Waals surface area contributed by atoms with Crippen molar-refractivity contribution in [3.8, 4) is 0 Å². The zero-order valence-corrected chi connectivity index (χ0v) is 11.6. The number of nitrogens with zero attached hydrogens (tertiary/aromatic N) is 2. The number of hydrogen-bond donors (Lipinski definition) is 2. The number of amides is 1. The van der Waals surface area contributed by atoms with Crippen LogP contribution in [-0.2, 0) is 6.42 Å². The number of fused-ring (bicyclic) bond motifs is 1. The number of nitrogens with one attached hydrogen (secondary N) is 2. The lowest BCUT2D eigenvalue weighted by Gasteiger charge is -2.06. The minimum absolute atomic E-state index is 0.187. The molecule has 0 unspecified atom stereocenters. The Morgan fingerprint density at radius 2 is 2.21 bits per heavy atom. The van der Waals surface area contributed by atoms with E-state index in [1.807, 2.05) is 18.2 Å². The molecule has 96 valence electrons. The highest BCUT2D eigenvalue weighted by molar-refractivity contribution is 9.10. The Morgan fingerprint density at radius 1 is 1.32 bits per heavy atom. The van der Waals surface area contributed by atoms with E-state index in [1.54, 1.807) is 6.20 Å². The molecule has 5 nitrogen and oxygen atoms in total. The molecule has 0 radical (unpaired) electrons. The molecule has 0 fully saturated rings. The number of benzene rings is 1. The molecule has 1 aliphatic heterocycles. The molecule has 19 heavy (non-hydrogen) atoms. The minimum atomic E-state index is -0.187. The number of aromatic nitrogens is 2. The SMILES string of the molecule is O=C(Nc1cnc(Br)cn1)c1ccc2c(c1)NCC2. The molecule has 0 saturated carbocycles. The van der Waals surface area contributed by atoms with Crippen molar-refractivity contribution in [1.82, 2.24) is 9.97 Å². The average molecular weight is 319 g/mol. The first-order chi connectivity index (χ1) is 9.22. The van der Waals surface area contributed by atoms with E-state index in [2.05, 4.69) is 36.5 Å². The van der Waals surface area contributed by atoms with Crippen molar-refractivity contribution in [2.24, 2.45) is 0 Å². The van der Waals surface area contributed by atoms with Crippen LogP contribution in [0.5, 0.6) is 0 Å². The van der Waals surface area contributed by atoms with Gasteiger partial charge in [0.15, 0.2) is 5.82 Å². The molecule has 1 amide bonds. The third-order valence-electron chi connectivity index (χ3n) is 2.94. The second-order valence-electron chi connectivity index (χ2n) is 4.23. The first-order valence-corrected chi connectivity index (χ1v) is 6.67. The summed E-state index contributed by atoms with van der Waals surface area (Å²) in [6, 6.07) is 5.68. The van der Waals surface area contributed by atoms with Crippen molar-refractivity contribution in [3.05, 3.63) is 46.3 Å². The Labute approximate surface area is 118 Å². The number of carbonyl (C=O) groups excluding carboxylic acids is 1. The maximum atomic E-state index is 12.1. The summed E-state index contributed by atoms with van der Waals surface area (Å²) in [6.07, 6.45) is 4.06. The number of carbonyl (C=O) groups is 1. The lowest BCUT2D eigenvalue weighted by molar-refractivity contribution is 0.102. The summed E-state index contributed by atoms with van der Waals surface area (Å²) in [5, 5.41) is 5.97. The summed E-state index contributed by atoms with van der Waals surface area (Å²) in [4.78, 5) is 20.2. The highest BCUT2D eigenvalue weighted by Crippen LogP contribution is 2.23. The van der Waals surface area contributed by atoms with Crippen molar-refractivity contribution in [2.75, 3.05) is 17.2 Å². The van der Waals surface area contributed by atoms with Crippen LogP contribution in [-0.4, -0.2) is 22.4 Å². The summed E-state index contributed by atoms with van der Waals surface area (Å²) in [6.45, 7) is 0.929. The van der Waals surface area contributed by atoms with E-state index in [4.69, 9.17) is 0 Å². The molecular formula is C13H11BrN4O. The Balaban J connectivity index is 1.78. The largest absolute Gasteiger partial charge is 0.384 e. The van der Waals surface area contributed by atoms with E-state index in [0.29, 0.717) is 16.0 Å². The Kier molecular flexibility index (Phi) is 3.16. The van der Waals surface area contributed by atoms with Crippen LogP contribution in [0, 0.1) is 0 Å². The van der Waals surface area contributed by atoms with Gasteiger partial charge in [0.25, 0.3) is 5.91 Å². The van der Waals surface area contributed by atoms with E-state index in [0.717, 1.165) is 18.7 Å². The molecule has 3 rings (SSSR count). The molecule has 6 heteroatoms. The van der Waals surface area contributed by atoms with Gasteiger partial charge in [-0.25, -0.2) is 9.97 Å². The van der Waals surface area contributed by atoms with Gasteiger partial charge in [-0.1, -0.05) is 6.07 Å². The fourth-order valence-corrected chi connectivity index (χ4v) is 2.20. The monoisotopic (exact) mass is 318 g/mol. The highest BCUT2D eigenvalue weighted by atomic mass is 79.9. The predicted octanol–water partition coefficient (Wildman–Crippen LogP) is 2.46. The zero-order chi connectivity index (χ0) is 13.2. The molecule has 2 aromatic rings. The Hall–Kier alpha value is -1.95. The lowest BCUT2D eigenvalue weighted by atomic mass is 10.1. The Morgan fingerprint density at radius 3 is 3.00 bits per heavy atom. The summed E-state index contributed by atoms with van der Waals surface area (Å²) in [5.74, 6) is 0.245. The number of rotatable bonds is 2. The van der Waals surface area contributed by atoms with Crippen molar-refractivity contribution >= 4 is 33.3 Å². The number of anilines is 2. The molecule has 0 bridgehead atoms. The summed E-state index contributed by atoms with van der Waals surface area (Å²) >= 11 is 3.20. The van der Waals surface area contributed by atoms with Gasteiger partial charge in [0.05, 0.1) is 12.4 Å². The molecule has 2 N–H and O–H groups in total. The third-order valence-corrected chi connectivity index (χ3v) is 3.35. The fourth-order valence-electron chi connectivity index (χ4n) is 2.00. The summed E-state index contributed by atoms with van der Waals surface area (Å²) < 4.78 is 0.632. The fraction of sp³-hybridized carbons (Fsp3) is 0.154. The van der Waals surface area contributed by atoms with Crippen molar-refractivity contribution in [1.29, 1.82) is 0 Å². The van der Waals surface area contributed by atoms with Crippen LogP contribution < -0.4 is 10.6 Å². The highest BCUT2D eigenvalue weighted by Gasteiger charge is 2.13. The molecule has 0 spiro atoms. The van der Waals surface area contributed by atoms with Crippen LogP contribution in [0.4, 0.5) is 11.5 Å². The predicted molar refractivity (Wildman–Crippen MR) is 76.3 cm³/mol. The smallest absolute Gasteiger partial charge is 0.256 e. The van der Waals surface area contributed by atoms with Gasteiger partial charge in [-0.2, -0.15) is 0 Å². The van der Waals surface area contributed by atoms with Gasteiger partial charge in [0, 0.05) is 17.8 Å². The molecular weight excluding hydrogens is 308 g/mol. The second kappa shape index (κ2) is 4.97. The lowest BCUT2D eigenvalue weighted by Crippen LogP contribution is -2.13. The number of halogens is 1. The molecule has 0 aliphatic carbocycles. The maximum absolute atomic E-state index is 12.1. The molecule has 2 heterocycles. The van der Waals surface area contributed by atoms with Crippen molar-refractivity contribution in [2.45, 2.75) is 6.42 Å². The first-order valence-electron chi connectivity index (χ1n) is 5.88. The summed E-state index contributed by atoms with van der Waals surface area (Å²) in [7, 11) is 0. The van der Waals surface area contributed by atoms with E-state index >= 15 is 0 Å². The second-order valence-corrected chi connectivity index (χ2v) is 5.04. The third kappa shape index (κ3) is 2.58. The van der Waals surface area contributed by atoms with Crippen LogP contribution in [0.15, 0.2) is 35.2 Å². The van der Waals surface area contributed by atoms with Crippen LogP contribution >= 0.6 is 15.9 Å². The molecule has 1 aromatic carbocycles. The topological polar surface area (TPSA) is 66.9 Å². The van der Waals surface area contributed by atoms with E-state index < -0.39 is 0 Å². The van der Waals surface area contributed by atoms with E-state index in [1.165, 1.54) is 11.8 Å². The van der Waals surface area contributed by atoms with Gasteiger partial charge in [0.2, 0.25) is 0 Å². The zero-order valence-electron chi connectivity index (χ0n) is 9.98.